The van der Waals surface area contributed by atoms with Gasteiger partial charge < -0.3 is 25.4 Å². The van der Waals surface area contributed by atoms with E-state index in [-0.39, 0.29) is 19.0 Å². The Morgan fingerprint density at radius 3 is 3.00 bits per heavy atom. The molecule has 1 fully saturated rings. The average Bonchev–Trinajstić information content (AvgIpc) is 2.73. The second-order valence-electron chi connectivity index (χ2n) is 4.37. The molecule has 20 heavy (non-hydrogen) atoms. The molecule has 0 spiro atoms. The summed E-state index contributed by atoms with van der Waals surface area (Å²) in [4.78, 5) is 15.4. The fourth-order valence-corrected chi connectivity index (χ4v) is 2.07. The van der Waals surface area contributed by atoms with Crippen LogP contribution in [0.15, 0.2) is 29.7 Å². The van der Waals surface area contributed by atoms with Crippen LogP contribution in [0.2, 0.25) is 0 Å². The summed E-state index contributed by atoms with van der Waals surface area (Å²) in [5, 5.41) is 19.2. The van der Waals surface area contributed by atoms with Crippen molar-refractivity contribution in [2.75, 3.05) is 18.9 Å². The molecule has 1 aromatic rings. The maximum absolute atomic E-state index is 11.8. The quantitative estimate of drug-likeness (QED) is 0.571. The topological polar surface area (TPSA) is 120 Å². The van der Waals surface area contributed by atoms with E-state index in [0.29, 0.717) is 0 Å². The first-order valence-corrected chi connectivity index (χ1v) is 6.10. The summed E-state index contributed by atoms with van der Waals surface area (Å²) in [5.74, 6) is 0.0899. The largest absolute Gasteiger partial charge is 0.394 e. The van der Waals surface area contributed by atoms with Gasteiger partial charge in [0.1, 0.15) is 24.1 Å². The Bertz CT molecular complexity index is 532. The number of rotatable bonds is 5. The van der Waals surface area contributed by atoms with Crippen LogP contribution in [0.25, 0.3) is 0 Å². The minimum absolute atomic E-state index is 0.0899. The number of hydrogen-bond donors (Lipinski definition) is 3. The third kappa shape index (κ3) is 2.73. The first-order chi connectivity index (χ1) is 9.58. The number of nitrogen functional groups attached to an aromatic ring is 1. The molecule has 2 unspecified atom stereocenters. The molecule has 0 radical (unpaired) electrons. The van der Waals surface area contributed by atoms with E-state index in [1.807, 2.05) is 0 Å². The zero-order chi connectivity index (χ0) is 14.7. The minimum Gasteiger partial charge on any atom is -0.394 e. The molecule has 0 aliphatic carbocycles. The van der Waals surface area contributed by atoms with Crippen LogP contribution < -0.4 is 11.4 Å². The van der Waals surface area contributed by atoms with Crippen LogP contribution in [-0.4, -0.2) is 51.3 Å². The van der Waals surface area contributed by atoms with Gasteiger partial charge in [0.2, 0.25) is 0 Å². The van der Waals surface area contributed by atoms with Crippen LogP contribution in [0, 0.1) is 0 Å². The molecule has 8 heteroatoms. The number of anilines is 1. The van der Waals surface area contributed by atoms with Gasteiger partial charge in [-0.2, -0.15) is 4.98 Å². The van der Waals surface area contributed by atoms with Crippen LogP contribution in [0.5, 0.6) is 0 Å². The van der Waals surface area contributed by atoms with E-state index < -0.39 is 30.2 Å². The molecule has 1 saturated heterocycles. The van der Waals surface area contributed by atoms with Crippen LogP contribution in [0.1, 0.15) is 6.23 Å². The van der Waals surface area contributed by atoms with Gasteiger partial charge in [-0.25, -0.2) is 4.79 Å². The van der Waals surface area contributed by atoms with Crippen molar-refractivity contribution in [3.8, 4) is 0 Å². The number of aliphatic hydroxyl groups excluding tert-OH is 2. The van der Waals surface area contributed by atoms with Crippen molar-refractivity contribution in [1.29, 1.82) is 0 Å². The highest BCUT2D eigenvalue weighted by atomic mass is 16.6. The predicted octanol–water partition coefficient (Wildman–Crippen LogP) is -1.35. The molecule has 8 nitrogen and oxygen atoms in total. The molecule has 2 rings (SSSR count). The molecule has 1 aromatic heterocycles. The third-order valence-corrected chi connectivity index (χ3v) is 3.02. The molecule has 4 atom stereocenters. The van der Waals surface area contributed by atoms with Crippen LogP contribution >= 0.6 is 0 Å². The van der Waals surface area contributed by atoms with Gasteiger partial charge in [-0.3, -0.25) is 4.57 Å². The van der Waals surface area contributed by atoms with E-state index in [4.69, 9.17) is 15.2 Å². The molecule has 0 saturated carbocycles. The summed E-state index contributed by atoms with van der Waals surface area (Å²) in [6.45, 7) is 3.31. The molecule has 0 amide bonds. The van der Waals surface area contributed by atoms with Crippen molar-refractivity contribution < 1.29 is 19.7 Å². The summed E-state index contributed by atoms with van der Waals surface area (Å²) in [6, 6.07) is 1.44. The molecule has 1 aliphatic heterocycles. The zero-order valence-corrected chi connectivity index (χ0v) is 10.8. The standard InChI is InChI=1S/C12H17N3O5/c1-2-5-19-10-9(17)7(6-16)20-11(10)15-4-3-8(13)14-12(15)18/h2-4,7,9-11,16-17H,1,5-6H2,(H2,13,14,18)/t7-,9?,10?,11-/m1/s1. The van der Waals surface area contributed by atoms with Gasteiger partial charge in [0.25, 0.3) is 0 Å². The Balaban J connectivity index is 2.31. The molecular formula is C12H17N3O5. The summed E-state index contributed by atoms with van der Waals surface area (Å²) in [5.41, 5.74) is 4.81. The number of nitrogens with zero attached hydrogens (tertiary/aromatic N) is 2. The Morgan fingerprint density at radius 2 is 2.40 bits per heavy atom. The maximum Gasteiger partial charge on any atom is 0.351 e. The molecule has 2 heterocycles. The fourth-order valence-electron chi connectivity index (χ4n) is 2.07. The van der Waals surface area contributed by atoms with Gasteiger partial charge in [0.05, 0.1) is 13.2 Å². The number of hydrogen-bond acceptors (Lipinski definition) is 7. The number of aliphatic hydroxyl groups is 2. The Hall–Kier alpha value is -1.74. The van der Waals surface area contributed by atoms with Crippen molar-refractivity contribution in [3.63, 3.8) is 0 Å². The second-order valence-corrected chi connectivity index (χ2v) is 4.37. The molecule has 1 aliphatic rings. The van der Waals surface area contributed by atoms with Crippen LogP contribution in [0.3, 0.4) is 0 Å². The van der Waals surface area contributed by atoms with E-state index in [1.165, 1.54) is 22.9 Å². The molecule has 0 aromatic carbocycles. The highest BCUT2D eigenvalue weighted by Gasteiger charge is 2.45. The van der Waals surface area contributed by atoms with Gasteiger partial charge in [-0.15, -0.1) is 6.58 Å². The SMILES string of the molecule is C=CCOC1C(O)[C@@H](CO)O[C@H]1n1ccc(N)nc1=O. The van der Waals surface area contributed by atoms with E-state index >= 15 is 0 Å². The van der Waals surface area contributed by atoms with Crippen LogP contribution in [-0.2, 0) is 9.47 Å². The molecule has 110 valence electrons. The number of ether oxygens (including phenoxy) is 2. The van der Waals surface area contributed by atoms with E-state index in [9.17, 15) is 15.0 Å². The normalized spacial score (nSPS) is 29.5. The van der Waals surface area contributed by atoms with Crippen molar-refractivity contribution in [3.05, 3.63) is 35.4 Å². The smallest absolute Gasteiger partial charge is 0.351 e. The lowest BCUT2D eigenvalue weighted by Crippen LogP contribution is -2.38. The number of aromatic nitrogens is 2. The van der Waals surface area contributed by atoms with Crippen molar-refractivity contribution in [2.24, 2.45) is 0 Å². The summed E-state index contributed by atoms with van der Waals surface area (Å²) in [7, 11) is 0. The summed E-state index contributed by atoms with van der Waals surface area (Å²) in [6.07, 6.45) is -0.670. The monoisotopic (exact) mass is 283 g/mol. The number of nitrogens with two attached hydrogens (primary N) is 1. The van der Waals surface area contributed by atoms with Gasteiger partial charge in [-0.1, -0.05) is 6.08 Å². The van der Waals surface area contributed by atoms with E-state index in [0.717, 1.165) is 0 Å². The van der Waals surface area contributed by atoms with Gasteiger partial charge in [-0.05, 0) is 6.07 Å². The van der Waals surface area contributed by atoms with Gasteiger partial charge in [0.15, 0.2) is 6.23 Å². The average molecular weight is 283 g/mol. The Morgan fingerprint density at radius 1 is 1.65 bits per heavy atom. The first-order valence-electron chi connectivity index (χ1n) is 6.10. The lowest BCUT2D eigenvalue weighted by molar-refractivity contribution is -0.0685. The molecule has 4 N–H and O–H groups in total. The van der Waals surface area contributed by atoms with E-state index in [2.05, 4.69) is 11.6 Å². The van der Waals surface area contributed by atoms with Gasteiger partial charge in [0, 0.05) is 6.20 Å². The predicted molar refractivity (Wildman–Crippen MR) is 69.8 cm³/mol. The van der Waals surface area contributed by atoms with Crippen molar-refractivity contribution in [1.82, 2.24) is 9.55 Å². The fraction of sp³-hybridized carbons (Fsp3) is 0.500. The Kier molecular flexibility index (Phi) is 4.50. The summed E-state index contributed by atoms with van der Waals surface area (Å²) < 4.78 is 12.1. The van der Waals surface area contributed by atoms with Crippen LogP contribution in [0.4, 0.5) is 5.82 Å². The molecule has 0 bridgehead atoms. The highest BCUT2D eigenvalue weighted by molar-refractivity contribution is 5.23. The third-order valence-electron chi connectivity index (χ3n) is 3.02. The second kappa shape index (κ2) is 6.14. The highest BCUT2D eigenvalue weighted by Crippen LogP contribution is 2.30. The van der Waals surface area contributed by atoms with Crippen molar-refractivity contribution >= 4 is 5.82 Å². The zero-order valence-electron chi connectivity index (χ0n) is 10.8. The first kappa shape index (κ1) is 14.7. The lowest BCUT2D eigenvalue weighted by atomic mass is 10.1. The van der Waals surface area contributed by atoms with Crippen molar-refractivity contribution in [2.45, 2.75) is 24.5 Å². The minimum atomic E-state index is -1.06. The summed E-state index contributed by atoms with van der Waals surface area (Å²) >= 11 is 0. The Labute approximate surface area is 115 Å². The lowest BCUT2D eigenvalue weighted by Gasteiger charge is -2.21. The molecular weight excluding hydrogens is 266 g/mol. The maximum atomic E-state index is 11.8. The van der Waals surface area contributed by atoms with Gasteiger partial charge >= 0.3 is 5.69 Å². The van der Waals surface area contributed by atoms with E-state index in [1.54, 1.807) is 0 Å².